The number of nitrogens with zero attached hydrogens (tertiary/aromatic N) is 2. The standard InChI is InChI=1S/C17H18N4O/c1-3-6-13-15-14(11-8-5-4-7-10(11)2)12(9-18)16(19)22-17(15)21-20-13/h4-5,7-8,14H,3,6,19H2,1-2H3,(H,20,21). The molecule has 0 saturated heterocycles. The van der Waals surface area contributed by atoms with Crippen LogP contribution < -0.4 is 10.5 Å². The molecule has 0 bridgehead atoms. The molecule has 1 atom stereocenters. The molecule has 0 spiro atoms. The van der Waals surface area contributed by atoms with Crippen LogP contribution in [-0.4, -0.2) is 10.2 Å². The quantitative estimate of drug-likeness (QED) is 0.911. The van der Waals surface area contributed by atoms with E-state index in [1.807, 2.05) is 31.2 Å². The molecular weight excluding hydrogens is 276 g/mol. The minimum Gasteiger partial charge on any atom is -0.420 e. The zero-order valence-electron chi connectivity index (χ0n) is 12.7. The number of nitrogens with two attached hydrogens (primary N) is 1. The second kappa shape index (κ2) is 5.57. The van der Waals surface area contributed by atoms with E-state index in [-0.39, 0.29) is 11.8 Å². The summed E-state index contributed by atoms with van der Waals surface area (Å²) in [4.78, 5) is 0. The van der Waals surface area contributed by atoms with Crippen LogP contribution in [0.5, 0.6) is 5.88 Å². The maximum absolute atomic E-state index is 9.57. The maximum atomic E-state index is 9.57. The molecule has 1 aromatic heterocycles. The Morgan fingerprint density at radius 1 is 1.41 bits per heavy atom. The number of ether oxygens (including phenoxy) is 1. The molecule has 3 N–H and O–H groups in total. The van der Waals surface area contributed by atoms with Gasteiger partial charge in [0, 0.05) is 11.3 Å². The van der Waals surface area contributed by atoms with Crippen molar-refractivity contribution >= 4 is 0 Å². The SMILES string of the molecule is CCCc1[nH]nc2c1C(c1ccccc1C)C(C#N)=C(N)O2. The van der Waals surface area contributed by atoms with Crippen molar-refractivity contribution in [2.24, 2.45) is 5.73 Å². The Kier molecular flexibility index (Phi) is 3.60. The van der Waals surface area contributed by atoms with Crippen LogP contribution >= 0.6 is 0 Å². The van der Waals surface area contributed by atoms with Crippen molar-refractivity contribution in [3.05, 3.63) is 58.1 Å². The highest BCUT2D eigenvalue weighted by Gasteiger charge is 2.35. The van der Waals surface area contributed by atoms with E-state index in [1.165, 1.54) is 0 Å². The number of rotatable bonds is 3. The van der Waals surface area contributed by atoms with Gasteiger partial charge in [-0.25, -0.2) is 0 Å². The number of nitriles is 1. The summed E-state index contributed by atoms with van der Waals surface area (Å²) in [6, 6.07) is 10.2. The highest BCUT2D eigenvalue weighted by atomic mass is 16.5. The first kappa shape index (κ1) is 14.2. The van der Waals surface area contributed by atoms with Gasteiger partial charge in [0.25, 0.3) is 0 Å². The first-order chi connectivity index (χ1) is 10.7. The summed E-state index contributed by atoms with van der Waals surface area (Å²) in [6.07, 6.45) is 1.84. The van der Waals surface area contributed by atoms with Gasteiger partial charge in [-0.05, 0) is 24.5 Å². The molecule has 2 aromatic rings. The van der Waals surface area contributed by atoms with E-state index in [9.17, 15) is 5.26 Å². The number of H-pyrrole nitrogens is 1. The zero-order chi connectivity index (χ0) is 15.7. The first-order valence-electron chi connectivity index (χ1n) is 7.37. The van der Waals surface area contributed by atoms with Crippen LogP contribution in [0, 0.1) is 18.3 Å². The second-order valence-electron chi connectivity index (χ2n) is 5.45. The second-order valence-corrected chi connectivity index (χ2v) is 5.45. The fourth-order valence-corrected chi connectivity index (χ4v) is 2.97. The lowest BCUT2D eigenvalue weighted by Crippen LogP contribution is -2.21. The Morgan fingerprint density at radius 3 is 2.86 bits per heavy atom. The third kappa shape index (κ3) is 2.13. The molecule has 0 aliphatic carbocycles. The fourth-order valence-electron chi connectivity index (χ4n) is 2.97. The van der Waals surface area contributed by atoms with E-state index >= 15 is 0 Å². The Balaban J connectivity index is 2.24. The van der Waals surface area contributed by atoms with Gasteiger partial charge < -0.3 is 10.5 Å². The number of aryl methyl sites for hydroxylation is 2. The number of aromatic nitrogens is 2. The van der Waals surface area contributed by atoms with Crippen molar-refractivity contribution in [1.29, 1.82) is 5.26 Å². The molecule has 3 rings (SSSR count). The molecular formula is C17H18N4O. The van der Waals surface area contributed by atoms with E-state index in [4.69, 9.17) is 10.5 Å². The smallest absolute Gasteiger partial charge is 0.244 e. The summed E-state index contributed by atoms with van der Waals surface area (Å²) in [7, 11) is 0. The Labute approximate surface area is 129 Å². The van der Waals surface area contributed by atoms with Gasteiger partial charge in [0.2, 0.25) is 11.8 Å². The molecule has 1 aliphatic heterocycles. The van der Waals surface area contributed by atoms with Crippen molar-refractivity contribution in [3.63, 3.8) is 0 Å². The Bertz CT molecular complexity index is 782. The van der Waals surface area contributed by atoms with Gasteiger partial charge in [-0.1, -0.05) is 37.6 Å². The minimum atomic E-state index is -0.227. The Hall–Kier alpha value is -2.74. The predicted octanol–water partition coefficient (Wildman–Crippen LogP) is 2.89. The van der Waals surface area contributed by atoms with Crippen molar-refractivity contribution in [1.82, 2.24) is 10.2 Å². The zero-order valence-corrected chi connectivity index (χ0v) is 12.7. The van der Waals surface area contributed by atoms with Gasteiger partial charge in [0.05, 0.1) is 5.92 Å². The predicted molar refractivity (Wildman–Crippen MR) is 83.1 cm³/mol. The van der Waals surface area contributed by atoms with Gasteiger partial charge in [0.1, 0.15) is 11.6 Å². The summed E-state index contributed by atoms with van der Waals surface area (Å²) in [5.41, 5.74) is 10.5. The van der Waals surface area contributed by atoms with Gasteiger partial charge in [-0.2, -0.15) is 5.26 Å². The molecule has 1 aromatic carbocycles. The number of allylic oxidation sites excluding steroid dienone is 1. The lowest BCUT2D eigenvalue weighted by Gasteiger charge is -2.25. The van der Waals surface area contributed by atoms with E-state index in [2.05, 4.69) is 23.2 Å². The molecule has 5 heteroatoms. The fraction of sp³-hybridized carbons (Fsp3) is 0.294. The molecule has 0 amide bonds. The Morgan fingerprint density at radius 2 is 2.18 bits per heavy atom. The lowest BCUT2D eigenvalue weighted by molar-refractivity contribution is 0.378. The lowest BCUT2D eigenvalue weighted by atomic mass is 9.81. The number of hydrogen-bond donors (Lipinski definition) is 2. The number of hydrogen-bond acceptors (Lipinski definition) is 4. The van der Waals surface area contributed by atoms with E-state index in [0.717, 1.165) is 35.2 Å². The van der Waals surface area contributed by atoms with E-state index < -0.39 is 0 Å². The average Bonchev–Trinajstić information content (AvgIpc) is 2.89. The molecule has 0 fully saturated rings. The topological polar surface area (TPSA) is 87.7 Å². The van der Waals surface area contributed by atoms with Crippen LogP contribution in [0.2, 0.25) is 0 Å². The third-order valence-electron chi connectivity index (χ3n) is 4.02. The van der Waals surface area contributed by atoms with Crippen molar-refractivity contribution in [2.75, 3.05) is 0 Å². The number of aromatic amines is 1. The monoisotopic (exact) mass is 294 g/mol. The third-order valence-corrected chi connectivity index (χ3v) is 4.02. The molecule has 5 nitrogen and oxygen atoms in total. The number of fused-ring (bicyclic) bond motifs is 1. The minimum absolute atomic E-state index is 0.137. The van der Waals surface area contributed by atoms with Gasteiger partial charge in [-0.3, -0.25) is 5.10 Å². The normalized spacial score (nSPS) is 16.9. The van der Waals surface area contributed by atoms with Crippen LogP contribution in [0.25, 0.3) is 0 Å². The first-order valence-corrected chi connectivity index (χ1v) is 7.37. The maximum Gasteiger partial charge on any atom is 0.244 e. The van der Waals surface area contributed by atoms with Crippen LogP contribution in [0.3, 0.4) is 0 Å². The molecule has 0 radical (unpaired) electrons. The van der Waals surface area contributed by atoms with Crippen molar-refractivity contribution in [2.45, 2.75) is 32.6 Å². The van der Waals surface area contributed by atoms with E-state index in [1.54, 1.807) is 0 Å². The summed E-state index contributed by atoms with van der Waals surface area (Å²) >= 11 is 0. The highest BCUT2D eigenvalue weighted by Crippen LogP contribution is 2.43. The molecule has 2 heterocycles. The van der Waals surface area contributed by atoms with Crippen LogP contribution in [0.4, 0.5) is 0 Å². The molecule has 112 valence electrons. The summed E-state index contributed by atoms with van der Waals surface area (Å²) in [5, 5.41) is 16.8. The summed E-state index contributed by atoms with van der Waals surface area (Å²) in [6.45, 7) is 4.14. The van der Waals surface area contributed by atoms with Crippen LogP contribution in [-0.2, 0) is 6.42 Å². The number of nitrogens with one attached hydrogen (secondary N) is 1. The van der Waals surface area contributed by atoms with Gasteiger partial charge >= 0.3 is 0 Å². The van der Waals surface area contributed by atoms with Crippen LogP contribution in [0.15, 0.2) is 35.7 Å². The largest absolute Gasteiger partial charge is 0.420 e. The van der Waals surface area contributed by atoms with E-state index in [0.29, 0.717) is 11.5 Å². The van der Waals surface area contributed by atoms with Crippen LogP contribution in [0.1, 0.15) is 41.6 Å². The molecule has 0 saturated carbocycles. The van der Waals surface area contributed by atoms with Crippen molar-refractivity contribution < 1.29 is 4.74 Å². The average molecular weight is 294 g/mol. The molecule has 1 aliphatic rings. The van der Waals surface area contributed by atoms with Gasteiger partial charge in [-0.15, -0.1) is 5.10 Å². The molecule has 22 heavy (non-hydrogen) atoms. The summed E-state index contributed by atoms with van der Waals surface area (Å²) in [5.74, 6) is 0.390. The molecule has 1 unspecified atom stereocenters. The summed E-state index contributed by atoms with van der Waals surface area (Å²) < 4.78 is 5.55. The van der Waals surface area contributed by atoms with Gasteiger partial charge in [0.15, 0.2) is 0 Å². The highest BCUT2D eigenvalue weighted by molar-refractivity contribution is 5.56. The van der Waals surface area contributed by atoms with Crippen molar-refractivity contribution in [3.8, 4) is 11.9 Å². The number of benzene rings is 1.